The van der Waals surface area contributed by atoms with Gasteiger partial charge in [0.2, 0.25) is 0 Å². The van der Waals surface area contributed by atoms with E-state index in [-0.39, 0.29) is 32.3 Å². The van der Waals surface area contributed by atoms with Crippen LogP contribution in [0.15, 0.2) is 60.8 Å². The predicted octanol–water partition coefficient (Wildman–Crippen LogP) is 16.1. The van der Waals surface area contributed by atoms with Crippen molar-refractivity contribution in [3.8, 4) is 0 Å². The quantitative estimate of drug-likeness (QED) is 0.0268. The van der Waals surface area contributed by atoms with Gasteiger partial charge in [0.1, 0.15) is 6.10 Å². The highest BCUT2D eigenvalue weighted by molar-refractivity contribution is 7.47. The van der Waals surface area contributed by atoms with E-state index in [1.165, 1.54) is 148 Å². The van der Waals surface area contributed by atoms with Gasteiger partial charge < -0.3 is 20.1 Å². The average molecular weight is 892 g/mol. The topological polar surface area (TPSA) is 117 Å². The molecule has 0 spiro atoms. The van der Waals surface area contributed by atoms with Gasteiger partial charge in [-0.15, -0.1) is 0 Å². The molecule has 0 bridgehead atoms. The smallest absolute Gasteiger partial charge is 0.457 e. The number of unbranched alkanes of at least 4 members (excludes halogenated alkanes) is 26. The fourth-order valence-corrected chi connectivity index (χ4v) is 7.86. The van der Waals surface area contributed by atoms with Crippen molar-refractivity contribution in [2.75, 3.05) is 33.0 Å². The minimum Gasteiger partial charge on any atom is -0.457 e. The van der Waals surface area contributed by atoms with Crippen molar-refractivity contribution in [3.05, 3.63) is 60.8 Å². The molecule has 0 amide bonds. The zero-order chi connectivity index (χ0) is 45.1. The lowest BCUT2D eigenvalue weighted by atomic mass is 10.0. The van der Waals surface area contributed by atoms with Gasteiger partial charge in [-0.05, 0) is 83.5 Å². The van der Waals surface area contributed by atoms with Gasteiger partial charge in [0, 0.05) is 19.6 Å². The zero-order valence-electron chi connectivity index (χ0n) is 40.3. The molecule has 62 heavy (non-hydrogen) atoms. The van der Waals surface area contributed by atoms with E-state index >= 15 is 0 Å². The van der Waals surface area contributed by atoms with Crippen molar-refractivity contribution >= 4 is 13.8 Å². The summed E-state index contributed by atoms with van der Waals surface area (Å²) in [7, 11) is -4.29. The molecule has 0 radical (unpaired) electrons. The summed E-state index contributed by atoms with van der Waals surface area (Å²) >= 11 is 0. The Morgan fingerprint density at radius 1 is 0.484 bits per heavy atom. The van der Waals surface area contributed by atoms with E-state index in [9.17, 15) is 14.3 Å². The Kier molecular flexibility index (Phi) is 48.7. The third kappa shape index (κ3) is 49.2. The summed E-state index contributed by atoms with van der Waals surface area (Å²) in [5.41, 5.74) is 5.39. The van der Waals surface area contributed by atoms with Crippen molar-refractivity contribution in [1.82, 2.24) is 0 Å². The molecule has 2 atom stereocenters. The molecule has 3 N–H and O–H groups in total. The summed E-state index contributed by atoms with van der Waals surface area (Å²) in [6, 6.07) is 0. The van der Waals surface area contributed by atoms with E-state index in [1.54, 1.807) is 0 Å². The minimum atomic E-state index is -4.29. The highest BCUT2D eigenvalue weighted by atomic mass is 31.2. The van der Waals surface area contributed by atoms with Gasteiger partial charge in [-0.3, -0.25) is 13.8 Å². The van der Waals surface area contributed by atoms with Gasteiger partial charge in [-0.1, -0.05) is 203 Å². The Morgan fingerprint density at radius 2 is 0.855 bits per heavy atom. The lowest BCUT2D eigenvalue weighted by molar-refractivity contribution is -0.154. The van der Waals surface area contributed by atoms with Crippen molar-refractivity contribution < 1.29 is 32.8 Å². The van der Waals surface area contributed by atoms with Crippen LogP contribution >= 0.6 is 7.82 Å². The number of esters is 1. The summed E-state index contributed by atoms with van der Waals surface area (Å²) < 4.78 is 33.6. The van der Waals surface area contributed by atoms with Crippen LogP contribution in [0.1, 0.15) is 232 Å². The summed E-state index contributed by atoms with van der Waals surface area (Å²) in [6.45, 7) is 4.88. The number of ether oxygens (including phenoxy) is 2. The van der Waals surface area contributed by atoms with Crippen LogP contribution in [0.4, 0.5) is 0 Å². The Morgan fingerprint density at radius 3 is 1.31 bits per heavy atom. The largest absolute Gasteiger partial charge is 0.472 e. The number of rotatable bonds is 49. The molecule has 0 aliphatic rings. The van der Waals surface area contributed by atoms with Crippen molar-refractivity contribution in [2.45, 2.75) is 238 Å². The Hall–Kier alpha value is -1.80. The molecule has 0 aliphatic heterocycles. The normalized spacial score (nSPS) is 13.8. The molecule has 362 valence electrons. The van der Waals surface area contributed by atoms with E-state index in [4.69, 9.17) is 24.3 Å². The number of nitrogens with two attached hydrogens (primary N) is 1. The van der Waals surface area contributed by atoms with Crippen LogP contribution in [0.3, 0.4) is 0 Å². The first-order chi connectivity index (χ1) is 30.4. The second-order valence-electron chi connectivity index (χ2n) is 17.0. The molecule has 0 heterocycles. The molecule has 8 nitrogen and oxygen atoms in total. The molecule has 0 aromatic carbocycles. The van der Waals surface area contributed by atoms with E-state index < -0.39 is 13.9 Å². The van der Waals surface area contributed by atoms with Gasteiger partial charge in [0.15, 0.2) is 0 Å². The molecule has 0 aromatic rings. The second-order valence-corrected chi connectivity index (χ2v) is 18.5. The highest BCUT2D eigenvalue weighted by Gasteiger charge is 2.25. The van der Waals surface area contributed by atoms with Gasteiger partial charge in [0.25, 0.3) is 0 Å². The van der Waals surface area contributed by atoms with Crippen LogP contribution in [-0.4, -0.2) is 49.9 Å². The second kappa shape index (κ2) is 50.2. The third-order valence-corrected chi connectivity index (χ3v) is 11.9. The maximum absolute atomic E-state index is 12.6. The maximum Gasteiger partial charge on any atom is 0.472 e. The van der Waals surface area contributed by atoms with Crippen LogP contribution in [0.5, 0.6) is 0 Å². The predicted molar refractivity (Wildman–Crippen MR) is 266 cm³/mol. The Bertz CT molecular complexity index is 1140. The van der Waals surface area contributed by atoms with E-state index in [0.29, 0.717) is 13.0 Å². The number of carbonyl (C=O) groups is 1. The molecule has 0 aliphatic carbocycles. The molecule has 2 unspecified atom stereocenters. The number of carbonyl (C=O) groups excluding carboxylic acids is 1. The summed E-state index contributed by atoms with van der Waals surface area (Å²) in [4.78, 5) is 22.6. The highest BCUT2D eigenvalue weighted by Crippen LogP contribution is 2.43. The first kappa shape index (κ1) is 60.2. The molecular weight excluding hydrogens is 794 g/mol. The number of phosphoric ester groups is 1. The van der Waals surface area contributed by atoms with Crippen LogP contribution < -0.4 is 5.73 Å². The number of hydrogen-bond donors (Lipinski definition) is 2. The zero-order valence-corrected chi connectivity index (χ0v) is 41.2. The monoisotopic (exact) mass is 892 g/mol. The fraction of sp³-hybridized carbons (Fsp3) is 0.792. The lowest BCUT2D eigenvalue weighted by Crippen LogP contribution is -2.28. The van der Waals surface area contributed by atoms with Gasteiger partial charge >= 0.3 is 13.8 Å². The molecule has 0 saturated carbocycles. The Balaban J connectivity index is 3.96. The average Bonchev–Trinajstić information content (AvgIpc) is 3.26. The molecule has 0 fully saturated rings. The van der Waals surface area contributed by atoms with E-state index in [1.807, 2.05) is 0 Å². The Labute approximate surface area is 383 Å². The SMILES string of the molecule is CCCCC/C=C\C/C=C\C/C=C\CCCCCCCCC(=O)OC(COCCCCCCCCCCCCCC/C=C\C/C=C\CCCCCCC)COP(=O)(O)OCCN. The molecule has 0 aromatic heterocycles. The standard InChI is InChI=1S/C53H98NO7P/c1-3-5-7-9-11-13-15-17-19-21-23-24-25-26-27-29-31-33-35-37-39-41-43-45-48-58-50-52(51-60-62(56,57)59-49-47-54)61-53(55)46-44-42-40-38-36-34-32-30-28-22-20-18-16-14-12-10-8-6-4-2/h12,14-15,17-18,20-21,23,28,30,52H,3-11,13,16,19,22,24-27,29,31-51,54H2,1-2H3,(H,56,57)/b14-12-,17-15-,20-18-,23-21-,30-28-. The molecular formula is C53H98NO7P. The number of allylic oxidation sites excluding steroid dienone is 10. The van der Waals surface area contributed by atoms with Crippen molar-refractivity contribution in [3.63, 3.8) is 0 Å². The third-order valence-electron chi connectivity index (χ3n) is 10.9. The first-order valence-corrected chi connectivity index (χ1v) is 27.3. The van der Waals surface area contributed by atoms with E-state index in [0.717, 1.165) is 64.2 Å². The van der Waals surface area contributed by atoms with Crippen LogP contribution in [0.25, 0.3) is 0 Å². The molecule has 0 saturated heterocycles. The minimum absolute atomic E-state index is 0.0959. The van der Waals surface area contributed by atoms with Crippen LogP contribution in [-0.2, 0) is 27.9 Å². The number of phosphoric acid groups is 1. The summed E-state index contributed by atoms with van der Waals surface area (Å²) in [5.74, 6) is -0.342. The lowest BCUT2D eigenvalue weighted by Gasteiger charge is -2.20. The van der Waals surface area contributed by atoms with E-state index in [2.05, 4.69) is 74.6 Å². The molecule has 9 heteroatoms. The van der Waals surface area contributed by atoms with Gasteiger partial charge in [0.05, 0.1) is 19.8 Å². The maximum atomic E-state index is 12.6. The summed E-state index contributed by atoms with van der Waals surface area (Å²) in [6.07, 6.45) is 62.5. The van der Waals surface area contributed by atoms with Crippen molar-refractivity contribution in [2.24, 2.45) is 5.73 Å². The van der Waals surface area contributed by atoms with Crippen LogP contribution in [0, 0.1) is 0 Å². The fourth-order valence-electron chi connectivity index (χ4n) is 7.09. The number of hydrogen-bond acceptors (Lipinski definition) is 7. The first-order valence-electron chi connectivity index (χ1n) is 25.8. The van der Waals surface area contributed by atoms with Gasteiger partial charge in [-0.25, -0.2) is 4.57 Å². The summed E-state index contributed by atoms with van der Waals surface area (Å²) in [5, 5.41) is 0. The van der Waals surface area contributed by atoms with Crippen LogP contribution in [0.2, 0.25) is 0 Å². The molecule has 0 rings (SSSR count). The van der Waals surface area contributed by atoms with Gasteiger partial charge in [-0.2, -0.15) is 0 Å². The van der Waals surface area contributed by atoms with Crippen molar-refractivity contribution in [1.29, 1.82) is 0 Å².